The number of carbonyl (C=O) groups excluding carboxylic acids is 1. The molecule has 1 aromatic carbocycles. The fourth-order valence-electron chi connectivity index (χ4n) is 2.00. The number of pyridine rings is 1. The molecule has 0 radical (unpaired) electrons. The van der Waals surface area contributed by atoms with Crippen LogP contribution in [0.2, 0.25) is 0 Å². The van der Waals surface area contributed by atoms with Gasteiger partial charge in [0.15, 0.2) is 0 Å². The minimum atomic E-state index is -0.0104. The zero-order valence-corrected chi connectivity index (χ0v) is 12.6. The van der Waals surface area contributed by atoms with Gasteiger partial charge >= 0.3 is 0 Å². The van der Waals surface area contributed by atoms with Gasteiger partial charge in [0.05, 0.1) is 0 Å². The second-order valence-corrected chi connectivity index (χ2v) is 5.06. The Morgan fingerprint density at radius 3 is 2.24 bits per heavy atom. The first kappa shape index (κ1) is 15.1. The van der Waals surface area contributed by atoms with Crippen molar-refractivity contribution in [3.63, 3.8) is 0 Å². The number of thiocarbonyl (C=S) groups is 1. The summed E-state index contributed by atoms with van der Waals surface area (Å²) in [5.74, 6) is -0.0104. The lowest BCUT2D eigenvalue weighted by atomic mass is 10.1. The highest BCUT2D eigenvalue weighted by molar-refractivity contribution is 7.80. The van der Waals surface area contributed by atoms with Crippen LogP contribution in [0.3, 0.4) is 0 Å². The van der Waals surface area contributed by atoms with Crippen molar-refractivity contribution >= 4 is 23.1 Å². The third-order valence-corrected chi connectivity index (χ3v) is 3.44. The van der Waals surface area contributed by atoms with E-state index in [2.05, 4.69) is 4.98 Å². The molecule has 0 aliphatic carbocycles. The van der Waals surface area contributed by atoms with Crippen molar-refractivity contribution in [2.45, 2.75) is 13.5 Å². The van der Waals surface area contributed by atoms with E-state index in [0.29, 0.717) is 23.6 Å². The molecular weight excluding hydrogens is 282 g/mol. The Morgan fingerprint density at radius 1 is 1.14 bits per heavy atom. The van der Waals surface area contributed by atoms with Gasteiger partial charge in [-0.25, -0.2) is 0 Å². The second kappa shape index (κ2) is 6.95. The molecule has 2 N–H and O–H groups in total. The van der Waals surface area contributed by atoms with Crippen LogP contribution in [-0.2, 0) is 6.54 Å². The summed E-state index contributed by atoms with van der Waals surface area (Å²) in [6.45, 7) is 3.16. The van der Waals surface area contributed by atoms with Crippen LogP contribution >= 0.6 is 12.2 Å². The second-order valence-electron chi connectivity index (χ2n) is 4.62. The maximum absolute atomic E-state index is 12.5. The van der Waals surface area contributed by atoms with Crippen molar-refractivity contribution in [3.8, 4) is 0 Å². The van der Waals surface area contributed by atoms with Crippen LogP contribution in [0.15, 0.2) is 48.8 Å². The molecule has 0 spiro atoms. The van der Waals surface area contributed by atoms with Gasteiger partial charge < -0.3 is 10.6 Å². The molecule has 5 heteroatoms. The Labute approximate surface area is 129 Å². The van der Waals surface area contributed by atoms with Gasteiger partial charge in [0.2, 0.25) is 0 Å². The van der Waals surface area contributed by atoms with Gasteiger partial charge in [-0.1, -0.05) is 24.4 Å². The van der Waals surface area contributed by atoms with E-state index in [1.807, 2.05) is 19.1 Å². The van der Waals surface area contributed by atoms with Crippen LogP contribution in [0.25, 0.3) is 0 Å². The highest BCUT2D eigenvalue weighted by Gasteiger charge is 2.14. The van der Waals surface area contributed by atoms with Crippen molar-refractivity contribution in [1.82, 2.24) is 9.88 Å². The number of hydrogen-bond acceptors (Lipinski definition) is 3. The summed E-state index contributed by atoms with van der Waals surface area (Å²) in [6, 6.07) is 10.9. The predicted octanol–water partition coefficient (Wildman–Crippen LogP) is 2.38. The van der Waals surface area contributed by atoms with Gasteiger partial charge in [-0.2, -0.15) is 0 Å². The molecule has 21 heavy (non-hydrogen) atoms. The largest absolute Gasteiger partial charge is 0.389 e. The van der Waals surface area contributed by atoms with E-state index < -0.39 is 0 Å². The number of nitrogens with two attached hydrogens (primary N) is 1. The van der Waals surface area contributed by atoms with Crippen molar-refractivity contribution in [1.29, 1.82) is 0 Å². The molecule has 1 aromatic heterocycles. The molecule has 1 heterocycles. The predicted molar refractivity (Wildman–Crippen MR) is 87.0 cm³/mol. The summed E-state index contributed by atoms with van der Waals surface area (Å²) in [4.78, 5) is 18.6. The molecule has 0 unspecified atom stereocenters. The molecule has 0 atom stereocenters. The summed E-state index contributed by atoms with van der Waals surface area (Å²) >= 11 is 4.91. The highest BCUT2D eigenvalue weighted by atomic mass is 32.1. The fourth-order valence-corrected chi connectivity index (χ4v) is 2.13. The van der Waals surface area contributed by atoms with E-state index >= 15 is 0 Å². The smallest absolute Gasteiger partial charge is 0.254 e. The van der Waals surface area contributed by atoms with Gasteiger partial charge in [0.25, 0.3) is 5.91 Å². The lowest BCUT2D eigenvalue weighted by Crippen LogP contribution is -2.30. The monoisotopic (exact) mass is 299 g/mol. The first-order valence-electron chi connectivity index (χ1n) is 6.70. The van der Waals surface area contributed by atoms with Gasteiger partial charge in [-0.05, 0) is 36.8 Å². The van der Waals surface area contributed by atoms with Gasteiger partial charge in [0, 0.05) is 36.6 Å². The summed E-state index contributed by atoms with van der Waals surface area (Å²) in [6.07, 6.45) is 3.45. The molecule has 0 saturated carbocycles. The summed E-state index contributed by atoms with van der Waals surface area (Å²) < 4.78 is 0. The first-order valence-corrected chi connectivity index (χ1v) is 7.10. The first-order chi connectivity index (χ1) is 10.1. The summed E-state index contributed by atoms with van der Waals surface area (Å²) in [5.41, 5.74) is 8.01. The molecule has 2 rings (SSSR count). The number of rotatable bonds is 5. The minimum absolute atomic E-state index is 0.0104. The summed E-state index contributed by atoms with van der Waals surface area (Å²) in [5, 5.41) is 0. The van der Waals surface area contributed by atoms with Crippen LogP contribution in [0.4, 0.5) is 0 Å². The van der Waals surface area contributed by atoms with E-state index in [1.54, 1.807) is 41.6 Å². The number of hydrogen-bond donors (Lipinski definition) is 1. The molecule has 4 nitrogen and oxygen atoms in total. The van der Waals surface area contributed by atoms with Crippen molar-refractivity contribution < 1.29 is 4.79 Å². The molecule has 0 aliphatic heterocycles. The van der Waals surface area contributed by atoms with Crippen LogP contribution in [0, 0.1) is 0 Å². The Hall–Kier alpha value is -2.27. The molecule has 0 aliphatic rings. The zero-order chi connectivity index (χ0) is 15.2. The van der Waals surface area contributed by atoms with Crippen molar-refractivity contribution in [2.24, 2.45) is 5.73 Å². The van der Waals surface area contributed by atoms with Gasteiger partial charge in [-0.15, -0.1) is 0 Å². The molecular formula is C16H17N3OS. The van der Waals surface area contributed by atoms with E-state index in [0.717, 1.165) is 11.1 Å². The molecule has 108 valence electrons. The lowest BCUT2D eigenvalue weighted by Gasteiger charge is -2.21. The fraction of sp³-hybridized carbons (Fsp3) is 0.188. The van der Waals surface area contributed by atoms with Crippen molar-refractivity contribution in [2.75, 3.05) is 6.54 Å². The topological polar surface area (TPSA) is 59.2 Å². The van der Waals surface area contributed by atoms with Crippen LogP contribution in [-0.4, -0.2) is 27.3 Å². The van der Waals surface area contributed by atoms with E-state index in [1.165, 1.54) is 0 Å². The van der Waals surface area contributed by atoms with E-state index in [-0.39, 0.29) is 5.91 Å². The molecule has 2 aromatic rings. The van der Waals surface area contributed by atoms with E-state index in [9.17, 15) is 4.79 Å². The van der Waals surface area contributed by atoms with Gasteiger partial charge in [0.1, 0.15) is 4.99 Å². The molecule has 0 saturated heterocycles. The Morgan fingerprint density at radius 2 is 1.71 bits per heavy atom. The van der Waals surface area contributed by atoms with Crippen LogP contribution in [0.1, 0.15) is 28.4 Å². The summed E-state index contributed by atoms with van der Waals surface area (Å²) in [7, 11) is 0. The normalized spacial score (nSPS) is 10.1. The van der Waals surface area contributed by atoms with Crippen molar-refractivity contribution in [3.05, 3.63) is 65.5 Å². The van der Waals surface area contributed by atoms with E-state index in [4.69, 9.17) is 18.0 Å². The number of carbonyl (C=O) groups is 1. The SMILES string of the molecule is CCN(Cc1ccncc1)C(=O)c1ccc(C(N)=S)cc1. The highest BCUT2D eigenvalue weighted by Crippen LogP contribution is 2.11. The number of benzene rings is 1. The Kier molecular flexibility index (Phi) is 5.00. The third-order valence-electron chi connectivity index (χ3n) is 3.21. The number of aromatic nitrogens is 1. The Bertz CT molecular complexity index is 626. The number of amides is 1. The average Bonchev–Trinajstić information content (AvgIpc) is 2.53. The number of nitrogens with zero attached hydrogens (tertiary/aromatic N) is 2. The quantitative estimate of drug-likeness (QED) is 0.861. The average molecular weight is 299 g/mol. The molecule has 0 fully saturated rings. The van der Waals surface area contributed by atoms with Gasteiger partial charge in [-0.3, -0.25) is 9.78 Å². The standard InChI is InChI=1S/C16H17N3OS/c1-2-19(11-12-7-9-18-10-8-12)16(20)14-5-3-13(4-6-14)15(17)21/h3-10H,2,11H2,1H3,(H2,17,21). The minimum Gasteiger partial charge on any atom is -0.389 e. The maximum atomic E-state index is 12.5. The maximum Gasteiger partial charge on any atom is 0.254 e. The zero-order valence-electron chi connectivity index (χ0n) is 11.8. The lowest BCUT2D eigenvalue weighted by molar-refractivity contribution is 0.0752. The molecule has 0 bridgehead atoms. The van der Waals surface area contributed by atoms with Crippen LogP contribution < -0.4 is 5.73 Å². The Balaban J connectivity index is 2.14. The third kappa shape index (κ3) is 3.86. The molecule has 1 amide bonds. The van der Waals surface area contributed by atoms with Crippen LogP contribution in [0.5, 0.6) is 0 Å².